The van der Waals surface area contributed by atoms with Gasteiger partial charge in [0.1, 0.15) is 6.26 Å². The van der Waals surface area contributed by atoms with Crippen molar-refractivity contribution in [1.29, 1.82) is 0 Å². The topological polar surface area (TPSA) is 92.5 Å². The molecule has 0 fully saturated rings. The number of hydrogen-bond donors (Lipinski definition) is 1. The Morgan fingerprint density at radius 1 is 1.15 bits per heavy atom. The number of anilines is 1. The van der Waals surface area contributed by atoms with Gasteiger partial charge in [-0.1, -0.05) is 41.6 Å². The summed E-state index contributed by atoms with van der Waals surface area (Å²) in [5.41, 5.74) is 0. The molecular weight excluding hydrogens is 354 g/mol. The zero-order chi connectivity index (χ0) is 18.7. The molecule has 0 unspecified atom stereocenters. The highest BCUT2D eigenvalue weighted by Gasteiger charge is 2.30. The van der Waals surface area contributed by atoms with Gasteiger partial charge in [-0.05, 0) is 25.3 Å². The molecule has 0 aliphatic rings. The molecule has 26 heavy (non-hydrogen) atoms. The molecule has 3 aromatic rings. The molecule has 0 atom stereocenters. The first-order chi connectivity index (χ1) is 12.4. The Labute approximate surface area is 151 Å². The van der Waals surface area contributed by atoms with Gasteiger partial charge in [0.05, 0.1) is 11.4 Å². The number of carbonyl (C=O) groups excluding carboxylic acids is 1. The number of fused-ring (bicyclic) bond motifs is 1. The van der Waals surface area contributed by atoms with Crippen LogP contribution in [0, 0.1) is 0 Å². The molecule has 8 heteroatoms. The Morgan fingerprint density at radius 3 is 2.58 bits per heavy atom. The van der Waals surface area contributed by atoms with Crippen LogP contribution in [0.3, 0.4) is 0 Å². The second-order valence-electron chi connectivity index (χ2n) is 6.05. The fourth-order valence-electron chi connectivity index (χ4n) is 2.69. The maximum atomic E-state index is 13.2. The summed E-state index contributed by atoms with van der Waals surface area (Å²) in [6, 6.07) is 13.4. The molecule has 1 N–H and O–H groups in total. The second-order valence-corrected chi connectivity index (χ2v) is 7.91. The fourth-order valence-corrected chi connectivity index (χ4v) is 4.50. The van der Waals surface area contributed by atoms with E-state index < -0.39 is 22.0 Å². The molecule has 0 saturated heterocycles. The highest BCUT2D eigenvalue weighted by molar-refractivity contribution is 7.89. The van der Waals surface area contributed by atoms with Crippen LogP contribution < -0.4 is 5.32 Å². The van der Waals surface area contributed by atoms with E-state index in [0.29, 0.717) is 5.39 Å². The molecule has 7 nitrogen and oxygen atoms in total. The van der Waals surface area contributed by atoms with Crippen molar-refractivity contribution in [1.82, 2.24) is 9.46 Å². The van der Waals surface area contributed by atoms with Gasteiger partial charge >= 0.3 is 0 Å². The third-order valence-electron chi connectivity index (χ3n) is 3.92. The lowest BCUT2D eigenvalue weighted by Gasteiger charge is -2.25. The lowest BCUT2D eigenvalue weighted by Crippen LogP contribution is -2.42. The summed E-state index contributed by atoms with van der Waals surface area (Å²) < 4.78 is 32.3. The van der Waals surface area contributed by atoms with Crippen molar-refractivity contribution in [3.05, 3.63) is 54.8 Å². The van der Waals surface area contributed by atoms with E-state index in [-0.39, 0.29) is 17.3 Å². The van der Waals surface area contributed by atoms with Crippen molar-refractivity contribution >= 4 is 32.5 Å². The molecule has 0 aliphatic heterocycles. The van der Waals surface area contributed by atoms with Gasteiger partial charge in [-0.15, -0.1) is 0 Å². The number of hydrogen-bond acceptors (Lipinski definition) is 5. The molecule has 0 bridgehead atoms. The van der Waals surface area contributed by atoms with E-state index in [9.17, 15) is 13.2 Å². The predicted molar refractivity (Wildman–Crippen MR) is 98.1 cm³/mol. The zero-order valence-electron chi connectivity index (χ0n) is 14.4. The Morgan fingerprint density at radius 2 is 1.88 bits per heavy atom. The number of carbonyl (C=O) groups is 1. The van der Waals surface area contributed by atoms with E-state index >= 15 is 0 Å². The summed E-state index contributed by atoms with van der Waals surface area (Å²) in [6.45, 7) is 3.13. The minimum atomic E-state index is -3.87. The molecule has 0 saturated carbocycles. The zero-order valence-corrected chi connectivity index (χ0v) is 15.2. The number of nitrogens with zero attached hydrogens (tertiary/aromatic N) is 2. The van der Waals surface area contributed by atoms with E-state index in [2.05, 4.69) is 15.0 Å². The van der Waals surface area contributed by atoms with Crippen LogP contribution in [0.25, 0.3) is 10.8 Å². The summed E-state index contributed by atoms with van der Waals surface area (Å²) in [5.74, 6) is -0.252. The van der Waals surface area contributed by atoms with E-state index in [4.69, 9.17) is 0 Å². The van der Waals surface area contributed by atoms with Gasteiger partial charge < -0.3 is 9.84 Å². The summed E-state index contributed by atoms with van der Waals surface area (Å²) in [5, 5.41) is 7.56. The number of rotatable bonds is 6. The first kappa shape index (κ1) is 18.1. The molecule has 1 aromatic heterocycles. The maximum Gasteiger partial charge on any atom is 0.244 e. The third kappa shape index (κ3) is 3.61. The summed E-state index contributed by atoms with van der Waals surface area (Å²) >= 11 is 0. The van der Waals surface area contributed by atoms with Crippen LogP contribution in [0.15, 0.2) is 64.2 Å². The average molecular weight is 373 g/mol. The van der Waals surface area contributed by atoms with Gasteiger partial charge in [0.2, 0.25) is 15.9 Å². The van der Waals surface area contributed by atoms with Gasteiger partial charge in [0, 0.05) is 17.5 Å². The van der Waals surface area contributed by atoms with Crippen LogP contribution in [0.2, 0.25) is 0 Å². The van der Waals surface area contributed by atoms with E-state index in [0.717, 1.165) is 5.39 Å². The summed E-state index contributed by atoms with van der Waals surface area (Å²) in [6.07, 6.45) is 1.32. The Kier molecular flexibility index (Phi) is 5.06. The summed E-state index contributed by atoms with van der Waals surface area (Å²) in [4.78, 5) is 12.4. The van der Waals surface area contributed by atoms with Crippen molar-refractivity contribution in [2.24, 2.45) is 0 Å². The predicted octanol–water partition coefficient (Wildman–Crippen LogP) is 2.87. The number of amides is 1. The lowest BCUT2D eigenvalue weighted by molar-refractivity contribution is -0.116. The number of aromatic nitrogens is 1. The second kappa shape index (κ2) is 7.27. The van der Waals surface area contributed by atoms with Crippen LogP contribution >= 0.6 is 0 Å². The van der Waals surface area contributed by atoms with E-state index in [1.807, 2.05) is 18.2 Å². The number of nitrogens with one attached hydrogen (secondary N) is 1. The molecule has 1 heterocycles. The van der Waals surface area contributed by atoms with Crippen LogP contribution in [-0.4, -0.2) is 36.4 Å². The first-order valence-corrected chi connectivity index (χ1v) is 9.53. The van der Waals surface area contributed by atoms with Gasteiger partial charge in [0.15, 0.2) is 5.82 Å². The van der Waals surface area contributed by atoms with Crippen molar-refractivity contribution in [2.75, 3.05) is 11.9 Å². The highest BCUT2D eigenvalue weighted by atomic mass is 32.2. The van der Waals surface area contributed by atoms with Gasteiger partial charge in [-0.2, -0.15) is 4.31 Å². The lowest BCUT2D eigenvalue weighted by atomic mass is 10.1. The minimum Gasteiger partial charge on any atom is -0.363 e. The molecular formula is C18H19N3O4S. The number of benzene rings is 2. The SMILES string of the molecule is CC(C)N(CC(=O)Nc1ccon1)S(=O)(=O)c1cccc2ccccc12. The molecule has 136 valence electrons. The average Bonchev–Trinajstić information content (AvgIpc) is 3.11. The van der Waals surface area contributed by atoms with Crippen molar-refractivity contribution in [3.63, 3.8) is 0 Å². The minimum absolute atomic E-state index is 0.179. The van der Waals surface area contributed by atoms with Crippen LogP contribution in [0.4, 0.5) is 5.82 Å². The van der Waals surface area contributed by atoms with Crippen molar-refractivity contribution < 1.29 is 17.7 Å². The standard InChI is InChI=1S/C18H19N3O4S/c1-13(2)21(12-18(22)19-17-10-11-25-20-17)26(23,24)16-9-5-7-14-6-3-4-8-15(14)16/h3-11,13H,12H2,1-2H3,(H,19,20,22). The largest absolute Gasteiger partial charge is 0.363 e. The smallest absolute Gasteiger partial charge is 0.244 e. The van der Waals surface area contributed by atoms with Crippen LogP contribution in [-0.2, 0) is 14.8 Å². The quantitative estimate of drug-likeness (QED) is 0.717. The fraction of sp³-hybridized carbons (Fsp3) is 0.222. The van der Waals surface area contributed by atoms with Gasteiger partial charge in [0.25, 0.3) is 0 Å². The Hall–Kier alpha value is -2.71. The molecule has 2 aromatic carbocycles. The van der Waals surface area contributed by atoms with Gasteiger partial charge in [-0.3, -0.25) is 4.79 Å². The third-order valence-corrected chi connectivity index (χ3v) is 6.00. The molecule has 0 radical (unpaired) electrons. The Balaban J connectivity index is 1.94. The first-order valence-electron chi connectivity index (χ1n) is 8.09. The van der Waals surface area contributed by atoms with Crippen molar-refractivity contribution in [3.8, 4) is 0 Å². The number of sulfonamides is 1. The van der Waals surface area contributed by atoms with Crippen LogP contribution in [0.1, 0.15) is 13.8 Å². The molecule has 3 rings (SSSR count). The summed E-state index contributed by atoms with van der Waals surface area (Å²) in [7, 11) is -3.87. The molecule has 0 aliphatic carbocycles. The normalized spacial score (nSPS) is 12.0. The van der Waals surface area contributed by atoms with E-state index in [1.165, 1.54) is 16.6 Å². The maximum absolute atomic E-state index is 13.2. The van der Waals surface area contributed by atoms with Crippen LogP contribution in [0.5, 0.6) is 0 Å². The molecule has 1 amide bonds. The highest BCUT2D eigenvalue weighted by Crippen LogP contribution is 2.26. The van der Waals surface area contributed by atoms with E-state index in [1.54, 1.807) is 38.1 Å². The Bertz CT molecular complexity index is 1010. The van der Waals surface area contributed by atoms with Crippen molar-refractivity contribution in [2.45, 2.75) is 24.8 Å². The molecule has 0 spiro atoms. The van der Waals surface area contributed by atoms with Gasteiger partial charge in [-0.25, -0.2) is 8.42 Å². The monoisotopic (exact) mass is 373 g/mol.